The SMILES string of the molecule is C=C1CN(C2CCN(C(=O)C[C@H]3Cc4cc(Cl)c5c(c4CN(Cc4ccc(C)cc4)C3=O)C=NC5)CC2)C(=O)N1. The van der Waals surface area contributed by atoms with Crippen molar-refractivity contribution in [2.45, 2.75) is 58.3 Å². The minimum atomic E-state index is -0.475. The summed E-state index contributed by atoms with van der Waals surface area (Å²) < 4.78 is 0. The summed E-state index contributed by atoms with van der Waals surface area (Å²) in [4.78, 5) is 49.8. The Balaban J connectivity index is 1.21. The van der Waals surface area contributed by atoms with E-state index in [1.54, 1.807) is 0 Å². The Labute approximate surface area is 239 Å². The van der Waals surface area contributed by atoms with E-state index in [9.17, 15) is 14.4 Å². The highest BCUT2D eigenvalue weighted by molar-refractivity contribution is 6.32. The van der Waals surface area contributed by atoms with Crippen molar-refractivity contribution in [1.82, 2.24) is 20.0 Å². The maximum Gasteiger partial charge on any atom is 0.322 e. The molecule has 1 N–H and O–H groups in total. The molecule has 2 fully saturated rings. The van der Waals surface area contributed by atoms with Gasteiger partial charge in [-0.2, -0.15) is 0 Å². The van der Waals surface area contributed by atoms with Gasteiger partial charge in [0.15, 0.2) is 0 Å². The Morgan fingerprint density at radius 3 is 2.58 bits per heavy atom. The zero-order valence-corrected chi connectivity index (χ0v) is 23.5. The fourth-order valence-corrected chi connectivity index (χ4v) is 6.71. The van der Waals surface area contributed by atoms with Crippen LogP contribution < -0.4 is 5.32 Å². The molecule has 40 heavy (non-hydrogen) atoms. The first-order valence-corrected chi connectivity index (χ1v) is 14.3. The van der Waals surface area contributed by atoms with Crippen molar-refractivity contribution < 1.29 is 14.4 Å². The number of piperidine rings is 1. The Bertz CT molecular complexity index is 1410. The normalized spacial score (nSPS) is 21.0. The third-order valence-corrected chi connectivity index (χ3v) is 8.99. The second kappa shape index (κ2) is 10.7. The second-order valence-corrected chi connectivity index (χ2v) is 11.8. The van der Waals surface area contributed by atoms with Gasteiger partial charge < -0.3 is 20.0 Å². The molecule has 2 aromatic carbocycles. The highest BCUT2D eigenvalue weighted by Crippen LogP contribution is 2.35. The van der Waals surface area contributed by atoms with Crippen LogP contribution >= 0.6 is 11.6 Å². The molecule has 9 heteroatoms. The molecule has 4 amide bonds. The Morgan fingerprint density at radius 2 is 1.88 bits per heavy atom. The molecule has 8 nitrogen and oxygen atoms in total. The monoisotopic (exact) mass is 559 g/mol. The van der Waals surface area contributed by atoms with Gasteiger partial charge >= 0.3 is 6.03 Å². The molecule has 2 saturated heterocycles. The minimum Gasteiger partial charge on any atom is -0.343 e. The molecule has 4 aliphatic rings. The van der Waals surface area contributed by atoms with E-state index in [1.165, 1.54) is 5.56 Å². The number of carbonyl (C=O) groups is 3. The first kappa shape index (κ1) is 26.6. The number of hydrogen-bond acceptors (Lipinski definition) is 4. The number of hydrogen-bond donors (Lipinski definition) is 1. The predicted molar refractivity (Wildman–Crippen MR) is 154 cm³/mol. The third-order valence-electron chi connectivity index (χ3n) is 8.65. The van der Waals surface area contributed by atoms with Crippen LogP contribution in [0.3, 0.4) is 0 Å². The number of amides is 4. The lowest BCUT2D eigenvalue weighted by molar-refractivity contribution is -0.142. The van der Waals surface area contributed by atoms with Crippen LogP contribution in [0.1, 0.15) is 52.6 Å². The van der Waals surface area contributed by atoms with E-state index in [1.807, 2.05) is 33.9 Å². The van der Waals surface area contributed by atoms with Crippen LogP contribution in [0.15, 0.2) is 47.6 Å². The van der Waals surface area contributed by atoms with E-state index < -0.39 is 5.92 Å². The van der Waals surface area contributed by atoms with Crippen LogP contribution in [0.25, 0.3) is 0 Å². The van der Waals surface area contributed by atoms with Crippen molar-refractivity contribution in [1.29, 1.82) is 0 Å². The summed E-state index contributed by atoms with van der Waals surface area (Å²) in [6.45, 7) is 9.06. The van der Waals surface area contributed by atoms with Gasteiger partial charge in [0.25, 0.3) is 0 Å². The first-order chi connectivity index (χ1) is 19.3. The smallest absolute Gasteiger partial charge is 0.322 e. The van der Waals surface area contributed by atoms with Gasteiger partial charge in [0.1, 0.15) is 0 Å². The van der Waals surface area contributed by atoms with Gasteiger partial charge in [-0.05, 0) is 48.9 Å². The third kappa shape index (κ3) is 5.12. The summed E-state index contributed by atoms with van der Waals surface area (Å²) in [5.41, 5.74) is 7.08. The van der Waals surface area contributed by atoms with Gasteiger partial charge in [-0.3, -0.25) is 14.6 Å². The van der Waals surface area contributed by atoms with Crippen molar-refractivity contribution in [2.75, 3.05) is 19.6 Å². The lowest BCUT2D eigenvalue weighted by Gasteiger charge is -2.36. The van der Waals surface area contributed by atoms with Gasteiger partial charge in [0, 0.05) is 66.7 Å². The number of likely N-dealkylation sites (tertiary alicyclic amines) is 1. The maximum atomic E-state index is 14.0. The molecule has 208 valence electrons. The quantitative estimate of drug-likeness (QED) is 0.596. The number of aryl methyl sites for hydroxylation is 1. The van der Waals surface area contributed by atoms with Crippen LogP contribution in [0, 0.1) is 12.8 Å². The highest BCUT2D eigenvalue weighted by Gasteiger charge is 2.37. The number of nitrogens with one attached hydrogen (secondary N) is 1. The molecule has 0 unspecified atom stereocenters. The van der Waals surface area contributed by atoms with E-state index in [2.05, 4.69) is 41.2 Å². The second-order valence-electron chi connectivity index (χ2n) is 11.4. The number of rotatable bonds is 5. The molecule has 0 spiro atoms. The minimum absolute atomic E-state index is 0.00734. The molecule has 4 aliphatic heterocycles. The van der Waals surface area contributed by atoms with Gasteiger partial charge in [-0.1, -0.05) is 48.0 Å². The van der Waals surface area contributed by atoms with Crippen molar-refractivity contribution in [3.8, 4) is 0 Å². The van der Waals surface area contributed by atoms with E-state index in [-0.39, 0.29) is 30.3 Å². The largest absolute Gasteiger partial charge is 0.343 e. The van der Waals surface area contributed by atoms with E-state index >= 15 is 0 Å². The number of fused-ring (bicyclic) bond motifs is 3. The standard InChI is InChI=1S/C31H34ClN5O3/c1-19-3-5-21(6-4-19)17-36-18-27-22(12-28(32)26-15-33-14-25(26)27)11-23(30(36)39)13-29(38)35-9-7-24(8-10-35)37-16-20(2)34-31(37)40/h3-6,12,14,23-24H,2,7-11,13,15-18H2,1H3,(H,34,40)/t23-/m1/s1. The Hall–Kier alpha value is -3.65. The number of carbonyl (C=O) groups excluding carboxylic acids is 3. The molecular formula is C31H34ClN5O3. The molecule has 6 rings (SSSR count). The molecule has 0 aliphatic carbocycles. The summed E-state index contributed by atoms with van der Waals surface area (Å²) in [6, 6.07) is 10.2. The van der Waals surface area contributed by atoms with Gasteiger partial charge in [-0.25, -0.2) is 4.79 Å². The Morgan fingerprint density at radius 1 is 1.12 bits per heavy atom. The number of benzene rings is 2. The molecule has 0 radical (unpaired) electrons. The summed E-state index contributed by atoms with van der Waals surface area (Å²) in [6.07, 6.45) is 3.93. The summed E-state index contributed by atoms with van der Waals surface area (Å²) in [5, 5.41) is 3.44. The van der Waals surface area contributed by atoms with Crippen LogP contribution in [0.2, 0.25) is 5.02 Å². The lowest BCUT2D eigenvalue weighted by atomic mass is 9.90. The molecule has 1 atom stereocenters. The zero-order valence-electron chi connectivity index (χ0n) is 22.8. The molecular weight excluding hydrogens is 526 g/mol. The topological polar surface area (TPSA) is 85.3 Å². The van der Waals surface area contributed by atoms with E-state index in [0.717, 1.165) is 27.8 Å². The fraction of sp³-hybridized carbons (Fsp3) is 0.419. The van der Waals surface area contributed by atoms with Crippen LogP contribution in [0.5, 0.6) is 0 Å². The number of halogens is 1. The summed E-state index contributed by atoms with van der Waals surface area (Å²) >= 11 is 6.65. The first-order valence-electron chi connectivity index (χ1n) is 14.0. The lowest BCUT2D eigenvalue weighted by Crippen LogP contribution is -2.48. The molecule has 2 aromatic rings. The van der Waals surface area contributed by atoms with Crippen LogP contribution in [0.4, 0.5) is 4.79 Å². The zero-order chi connectivity index (χ0) is 28.0. The molecule has 0 bridgehead atoms. The molecule has 0 aromatic heterocycles. The van der Waals surface area contributed by atoms with Crippen LogP contribution in [-0.2, 0) is 35.6 Å². The average molecular weight is 560 g/mol. The van der Waals surface area contributed by atoms with Gasteiger partial charge in [0.05, 0.1) is 19.0 Å². The van der Waals surface area contributed by atoms with Crippen molar-refractivity contribution >= 4 is 35.7 Å². The number of aliphatic imine (C=N–C) groups is 1. The van der Waals surface area contributed by atoms with E-state index in [0.29, 0.717) is 69.3 Å². The Kier molecular flexibility index (Phi) is 7.13. The molecule has 4 heterocycles. The maximum absolute atomic E-state index is 14.0. The summed E-state index contributed by atoms with van der Waals surface area (Å²) in [7, 11) is 0. The number of nitrogens with zero attached hydrogens (tertiary/aromatic N) is 4. The fourth-order valence-electron chi connectivity index (χ4n) is 6.41. The van der Waals surface area contributed by atoms with Gasteiger partial charge in [0.2, 0.25) is 11.8 Å². The van der Waals surface area contributed by atoms with Crippen molar-refractivity contribution in [2.24, 2.45) is 10.9 Å². The van der Waals surface area contributed by atoms with Gasteiger partial charge in [-0.15, -0.1) is 0 Å². The predicted octanol–water partition coefficient (Wildman–Crippen LogP) is 4.20. The highest BCUT2D eigenvalue weighted by atomic mass is 35.5. The average Bonchev–Trinajstić information content (AvgIpc) is 3.54. The van der Waals surface area contributed by atoms with Crippen molar-refractivity contribution in [3.63, 3.8) is 0 Å². The molecule has 0 saturated carbocycles. The summed E-state index contributed by atoms with van der Waals surface area (Å²) in [5.74, 6) is -0.497. The van der Waals surface area contributed by atoms with Crippen LogP contribution in [-0.4, -0.2) is 64.4 Å². The number of urea groups is 1. The van der Waals surface area contributed by atoms with Crippen molar-refractivity contribution in [3.05, 3.63) is 81.0 Å². The van der Waals surface area contributed by atoms with E-state index in [4.69, 9.17) is 11.6 Å².